The molecule has 2 rings (SSSR count). The minimum atomic E-state index is -3.67. The number of anilines is 1. The lowest BCUT2D eigenvalue weighted by Crippen LogP contribution is -2.31. The number of sulfonamides is 2. The van der Waals surface area contributed by atoms with E-state index in [1.807, 2.05) is 0 Å². The normalized spacial score (nSPS) is 12.0. The molecule has 2 aromatic carbocycles. The van der Waals surface area contributed by atoms with Crippen molar-refractivity contribution >= 4 is 31.6 Å². The number of nitrogens with one attached hydrogen (secondary N) is 2. The van der Waals surface area contributed by atoms with Gasteiger partial charge in [-0.2, -0.15) is 4.31 Å². The summed E-state index contributed by atoms with van der Waals surface area (Å²) in [5.74, 6) is -0.462. The summed E-state index contributed by atoms with van der Waals surface area (Å²) < 4.78 is 52.0. The number of carbonyl (C=O) groups excluding carboxylic acids is 1. The third-order valence-electron chi connectivity index (χ3n) is 4.19. The summed E-state index contributed by atoms with van der Waals surface area (Å²) in [6, 6.07) is 12.5. The van der Waals surface area contributed by atoms with Crippen molar-refractivity contribution in [3.05, 3.63) is 59.7 Å². The second-order valence-electron chi connectivity index (χ2n) is 6.33. The molecule has 0 bridgehead atoms. The van der Waals surface area contributed by atoms with Crippen LogP contribution in [0.15, 0.2) is 53.4 Å². The van der Waals surface area contributed by atoms with Crippen molar-refractivity contribution in [2.24, 2.45) is 0 Å². The minimum Gasteiger partial charge on any atom is -0.348 e. The van der Waals surface area contributed by atoms with Gasteiger partial charge in [0.25, 0.3) is 5.91 Å². The molecule has 158 valence electrons. The molecule has 0 aliphatic rings. The van der Waals surface area contributed by atoms with E-state index in [4.69, 9.17) is 0 Å². The molecular formula is C19H25N3O5S2. The second kappa shape index (κ2) is 9.38. The molecule has 0 fully saturated rings. The Balaban J connectivity index is 2.20. The lowest BCUT2D eigenvalue weighted by Gasteiger charge is -2.18. The molecule has 0 radical (unpaired) electrons. The van der Waals surface area contributed by atoms with Crippen LogP contribution in [0, 0.1) is 0 Å². The molecule has 0 unspecified atom stereocenters. The lowest BCUT2D eigenvalue weighted by molar-refractivity contribution is 0.0951. The van der Waals surface area contributed by atoms with Crippen LogP contribution in [0.2, 0.25) is 0 Å². The molecule has 2 N–H and O–H groups in total. The van der Waals surface area contributed by atoms with Crippen molar-refractivity contribution in [2.45, 2.75) is 25.3 Å². The molecule has 10 heteroatoms. The Morgan fingerprint density at radius 2 is 1.62 bits per heavy atom. The first kappa shape index (κ1) is 22.9. The number of nitrogens with zero attached hydrogens (tertiary/aromatic N) is 1. The number of rotatable bonds is 9. The van der Waals surface area contributed by atoms with E-state index in [9.17, 15) is 21.6 Å². The monoisotopic (exact) mass is 439 g/mol. The van der Waals surface area contributed by atoms with Crippen LogP contribution in [0.5, 0.6) is 0 Å². The van der Waals surface area contributed by atoms with Crippen LogP contribution < -0.4 is 10.0 Å². The molecule has 0 heterocycles. The molecule has 2 aromatic rings. The molecule has 0 aliphatic carbocycles. The van der Waals surface area contributed by atoms with Gasteiger partial charge in [0.05, 0.1) is 16.8 Å². The Morgan fingerprint density at radius 1 is 0.966 bits per heavy atom. The minimum absolute atomic E-state index is 0.0491. The van der Waals surface area contributed by atoms with Crippen molar-refractivity contribution < 1.29 is 21.6 Å². The van der Waals surface area contributed by atoms with Gasteiger partial charge in [-0.05, 0) is 29.8 Å². The SMILES string of the molecule is CCN(CC)S(=O)(=O)c1cccc(C(=O)NCc2ccccc2NS(C)(=O)=O)c1. The lowest BCUT2D eigenvalue weighted by atomic mass is 10.1. The molecule has 0 atom stereocenters. The Hall–Kier alpha value is -2.43. The van der Waals surface area contributed by atoms with Crippen LogP contribution in [-0.2, 0) is 26.6 Å². The maximum Gasteiger partial charge on any atom is 0.251 e. The van der Waals surface area contributed by atoms with E-state index in [-0.39, 0.29) is 17.0 Å². The van der Waals surface area contributed by atoms with Crippen LogP contribution in [0.3, 0.4) is 0 Å². The summed E-state index contributed by atoms with van der Waals surface area (Å²) >= 11 is 0. The molecule has 29 heavy (non-hydrogen) atoms. The van der Waals surface area contributed by atoms with Crippen molar-refractivity contribution in [3.63, 3.8) is 0 Å². The zero-order valence-electron chi connectivity index (χ0n) is 16.5. The van der Waals surface area contributed by atoms with Crippen molar-refractivity contribution in [3.8, 4) is 0 Å². The molecular weight excluding hydrogens is 414 g/mol. The highest BCUT2D eigenvalue weighted by Gasteiger charge is 2.22. The van der Waals surface area contributed by atoms with E-state index in [0.717, 1.165) is 6.26 Å². The Morgan fingerprint density at radius 3 is 2.24 bits per heavy atom. The smallest absolute Gasteiger partial charge is 0.251 e. The Bertz CT molecular complexity index is 1080. The molecule has 1 amide bonds. The van der Waals surface area contributed by atoms with Crippen molar-refractivity contribution in [2.75, 3.05) is 24.1 Å². The average molecular weight is 440 g/mol. The van der Waals surface area contributed by atoms with Crippen LogP contribution in [0.1, 0.15) is 29.8 Å². The number of amides is 1. The summed E-state index contributed by atoms with van der Waals surface area (Å²) in [6.45, 7) is 4.24. The maximum absolute atomic E-state index is 12.7. The zero-order chi connectivity index (χ0) is 21.7. The third-order valence-corrected chi connectivity index (χ3v) is 6.83. The highest BCUT2D eigenvalue weighted by atomic mass is 32.2. The zero-order valence-corrected chi connectivity index (χ0v) is 18.2. The Labute approximate surface area is 172 Å². The van der Waals surface area contributed by atoms with Gasteiger partial charge in [-0.3, -0.25) is 9.52 Å². The van der Waals surface area contributed by atoms with E-state index in [1.165, 1.54) is 28.6 Å². The number of benzene rings is 2. The first-order valence-corrected chi connectivity index (χ1v) is 12.4. The topological polar surface area (TPSA) is 113 Å². The molecule has 0 aliphatic heterocycles. The molecule has 0 aromatic heterocycles. The van der Waals surface area contributed by atoms with Crippen LogP contribution in [0.25, 0.3) is 0 Å². The predicted molar refractivity (Wildman–Crippen MR) is 113 cm³/mol. The highest BCUT2D eigenvalue weighted by Crippen LogP contribution is 2.18. The summed E-state index contributed by atoms with van der Waals surface area (Å²) in [5, 5.41) is 2.70. The molecule has 0 saturated heterocycles. The van der Waals surface area contributed by atoms with Gasteiger partial charge in [0.2, 0.25) is 20.0 Å². The van der Waals surface area contributed by atoms with E-state index < -0.39 is 26.0 Å². The quantitative estimate of drug-likeness (QED) is 0.621. The molecule has 0 saturated carbocycles. The fourth-order valence-corrected chi connectivity index (χ4v) is 4.86. The summed E-state index contributed by atoms with van der Waals surface area (Å²) in [4.78, 5) is 12.6. The van der Waals surface area contributed by atoms with E-state index in [2.05, 4.69) is 10.0 Å². The summed E-state index contributed by atoms with van der Waals surface area (Å²) in [5.41, 5.74) is 1.15. The summed E-state index contributed by atoms with van der Waals surface area (Å²) in [6.07, 6.45) is 1.05. The van der Waals surface area contributed by atoms with Crippen molar-refractivity contribution in [1.29, 1.82) is 0 Å². The van der Waals surface area contributed by atoms with Gasteiger partial charge >= 0.3 is 0 Å². The molecule has 8 nitrogen and oxygen atoms in total. The van der Waals surface area contributed by atoms with Gasteiger partial charge in [-0.1, -0.05) is 38.1 Å². The first-order chi connectivity index (χ1) is 13.6. The average Bonchev–Trinajstić information content (AvgIpc) is 2.66. The third kappa shape index (κ3) is 6.02. The van der Waals surface area contributed by atoms with Gasteiger partial charge in [0.15, 0.2) is 0 Å². The standard InChI is InChI=1S/C19H25N3O5S2/c1-4-22(5-2)29(26,27)17-11-8-10-15(13-17)19(23)20-14-16-9-6-7-12-18(16)21-28(3,24)25/h6-13,21H,4-5,14H2,1-3H3,(H,20,23). The summed E-state index contributed by atoms with van der Waals surface area (Å²) in [7, 11) is -7.13. The van der Waals surface area contributed by atoms with Crippen LogP contribution >= 0.6 is 0 Å². The van der Waals surface area contributed by atoms with Gasteiger partial charge in [-0.15, -0.1) is 0 Å². The maximum atomic E-state index is 12.7. The van der Waals surface area contributed by atoms with E-state index in [0.29, 0.717) is 24.3 Å². The van der Waals surface area contributed by atoms with Crippen LogP contribution in [0.4, 0.5) is 5.69 Å². The number of hydrogen-bond acceptors (Lipinski definition) is 5. The highest BCUT2D eigenvalue weighted by molar-refractivity contribution is 7.92. The fraction of sp³-hybridized carbons (Fsp3) is 0.316. The second-order valence-corrected chi connectivity index (χ2v) is 10.0. The first-order valence-electron chi connectivity index (χ1n) is 9.02. The van der Waals surface area contributed by atoms with Gasteiger partial charge in [0, 0.05) is 25.2 Å². The van der Waals surface area contributed by atoms with Gasteiger partial charge < -0.3 is 5.32 Å². The fourth-order valence-electron chi connectivity index (χ4n) is 2.76. The predicted octanol–water partition coefficient (Wildman–Crippen LogP) is 2.02. The van der Waals surface area contributed by atoms with Gasteiger partial charge in [0.1, 0.15) is 0 Å². The largest absolute Gasteiger partial charge is 0.348 e. The molecule has 0 spiro atoms. The number of para-hydroxylation sites is 1. The van der Waals surface area contributed by atoms with Crippen LogP contribution in [-0.4, -0.2) is 46.4 Å². The van der Waals surface area contributed by atoms with E-state index in [1.54, 1.807) is 38.1 Å². The Kier molecular flexibility index (Phi) is 7.39. The van der Waals surface area contributed by atoms with Crippen molar-refractivity contribution in [1.82, 2.24) is 9.62 Å². The number of carbonyl (C=O) groups is 1. The number of hydrogen-bond donors (Lipinski definition) is 2. The van der Waals surface area contributed by atoms with Gasteiger partial charge in [-0.25, -0.2) is 16.8 Å². The van der Waals surface area contributed by atoms with E-state index >= 15 is 0 Å².